The zero-order valence-corrected chi connectivity index (χ0v) is 21.5. The molecule has 1 fully saturated rings. The molecule has 0 aliphatic carbocycles. The number of guanidine groups is 1. The number of nitrogens with zero attached hydrogens (tertiary/aromatic N) is 2. The summed E-state index contributed by atoms with van der Waals surface area (Å²) in [5.41, 5.74) is 0. The Kier molecular flexibility index (Phi) is 10.2. The van der Waals surface area contributed by atoms with Crippen LogP contribution in [0.1, 0.15) is 44.5 Å². The molecule has 6 nitrogen and oxygen atoms in total. The van der Waals surface area contributed by atoms with Crippen molar-refractivity contribution in [2.75, 3.05) is 39.5 Å². The van der Waals surface area contributed by atoms with Gasteiger partial charge in [-0.3, -0.25) is 9.89 Å². The Morgan fingerprint density at radius 1 is 1.36 bits per heavy atom. The highest BCUT2D eigenvalue weighted by atomic mass is 127. The number of nitrogens with one attached hydrogen (secondary N) is 2. The van der Waals surface area contributed by atoms with Crippen molar-refractivity contribution in [1.29, 1.82) is 0 Å². The molecule has 1 saturated heterocycles. The lowest BCUT2D eigenvalue weighted by atomic mass is 9.88. The minimum absolute atomic E-state index is 0. The number of aliphatic imine (C=N–C) groups is 1. The van der Waals surface area contributed by atoms with E-state index in [-0.39, 0.29) is 29.7 Å². The van der Waals surface area contributed by atoms with E-state index in [4.69, 9.17) is 0 Å². The number of sulfone groups is 1. The van der Waals surface area contributed by atoms with Crippen LogP contribution in [0, 0.1) is 5.92 Å². The SMILES string of the molecule is CN=C(NCCS(=O)(=O)C(C)(C)C)NCC1CCCN(C)C1c1cccs1.I. The summed E-state index contributed by atoms with van der Waals surface area (Å²) >= 11 is 1.81. The molecular formula is C19H35IN4O2S2. The maximum atomic E-state index is 12.2. The Balaban J connectivity index is 0.00000392. The van der Waals surface area contributed by atoms with Gasteiger partial charge in [-0.2, -0.15) is 0 Å². The Labute approximate surface area is 191 Å². The minimum Gasteiger partial charge on any atom is -0.356 e. The average Bonchev–Trinajstić information content (AvgIpc) is 3.10. The normalized spacial score (nSPS) is 21.8. The molecule has 1 aliphatic heterocycles. The van der Waals surface area contributed by atoms with Crippen molar-refractivity contribution in [3.63, 3.8) is 0 Å². The average molecular weight is 543 g/mol. The highest BCUT2D eigenvalue weighted by molar-refractivity contribution is 14.0. The largest absolute Gasteiger partial charge is 0.356 e. The molecule has 28 heavy (non-hydrogen) atoms. The summed E-state index contributed by atoms with van der Waals surface area (Å²) in [5.74, 6) is 1.26. The summed E-state index contributed by atoms with van der Waals surface area (Å²) in [4.78, 5) is 8.09. The second kappa shape index (κ2) is 11.1. The van der Waals surface area contributed by atoms with Crippen LogP contribution in [0.2, 0.25) is 0 Å². The van der Waals surface area contributed by atoms with E-state index < -0.39 is 14.6 Å². The lowest BCUT2D eigenvalue weighted by Gasteiger charge is -2.39. The zero-order valence-electron chi connectivity index (χ0n) is 17.6. The molecule has 0 bridgehead atoms. The maximum Gasteiger partial charge on any atom is 0.191 e. The van der Waals surface area contributed by atoms with Crippen molar-refractivity contribution in [2.24, 2.45) is 10.9 Å². The first-order valence-electron chi connectivity index (χ1n) is 9.56. The smallest absolute Gasteiger partial charge is 0.191 e. The molecule has 2 atom stereocenters. The number of thiophene rings is 1. The third kappa shape index (κ3) is 6.84. The van der Waals surface area contributed by atoms with Gasteiger partial charge in [0.05, 0.1) is 10.5 Å². The molecule has 0 amide bonds. The third-order valence-corrected chi connectivity index (χ3v) is 8.74. The number of halogens is 1. The molecule has 0 saturated carbocycles. The lowest BCUT2D eigenvalue weighted by Crippen LogP contribution is -2.46. The Hall–Kier alpha value is -0.390. The fourth-order valence-electron chi connectivity index (χ4n) is 3.44. The number of hydrogen-bond donors (Lipinski definition) is 2. The van der Waals surface area contributed by atoms with Crippen molar-refractivity contribution < 1.29 is 8.42 Å². The van der Waals surface area contributed by atoms with E-state index >= 15 is 0 Å². The van der Waals surface area contributed by atoms with Crippen molar-refractivity contribution in [2.45, 2.75) is 44.4 Å². The molecule has 0 spiro atoms. The summed E-state index contributed by atoms with van der Waals surface area (Å²) in [6, 6.07) is 4.75. The highest BCUT2D eigenvalue weighted by Gasteiger charge is 2.31. The van der Waals surface area contributed by atoms with Gasteiger partial charge in [-0.1, -0.05) is 6.07 Å². The van der Waals surface area contributed by atoms with Crippen LogP contribution in [0.5, 0.6) is 0 Å². The molecule has 0 aromatic carbocycles. The molecule has 1 aromatic rings. The molecule has 162 valence electrons. The molecule has 0 radical (unpaired) electrons. The van der Waals surface area contributed by atoms with Crippen molar-refractivity contribution >= 4 is 51.1 Å². The topological polar surface area (TPSA) is 73.8 Å². The van der Waals surface area contributed by atoms with Crippen LogP contribution >= 0.6 is 35.3 Å². The Bertz CT molecular complexity index is 715. The van der Waals surface area contributed by atoms with Gasteiger partial charge in [0, 0.05) is 31.1 Å². The first-order chi connectivity index (χ1) is 12.7. The van der Waals surface area contributed by atoms with Crippen molar-refractivity contribution in [1.82, 2.24) is 15.5 Å². The van der Waals surface area contributed by atoms with Gasteiger partial charge in [0.2, 0.25) is 0 Å². The van der Waals surface area contributed by atoms with E-state index in [0.29, 0.717) is 24.5 Å². The second-order valence-corrected chi connectivity index (χ2v) is 12.0. The maximum absolute atomic E-state index is 12.2. The van der Waals surface area contributed by atoms with E-state index in [1.54, 1.807) is 27.8 Å². The van der Waals surface area contributed by atoms with Gasteiger partial charge in [0.25, 0.3) is 0 Å². The number of piperidine rings is 1. The van der Waals surface area contributed by atoms with E-state index in [0.717, 1.165) is 13.1 Å². The first kappa shape index (κ1) is 25.6. The summed E-state index contributed by atoms with van der Waals surface area (Å²) in [6.07, 6.45) is 2.37. The standard InChI is InChI=1S/C19H34N4O2S2.HI/c1-19(2,3)27(24,25)13-10-21-18(20-4)22-14-15-8-6-11-23(5)17(15)16-9-7-12-26-16;/h7,9,12,15,17H,6,8,10-11,13-14H2,1-5H3,(H2,20,21,22);1H. The van der Waals surface area contributed by atoms with Crippen LogP contribution < -0.4 is 10.6 Å². The number of likely N-dealkylation sites (tertiary alicyclic amines) is 1. The van der Waals surface area contributed by atoms with Gasteiger partial charge in [0.15, 0.2) is 15.8 Å². The molecule has 9 heteroatoms. The molecule has 2 N–H and O–H groups in total. The van der Waals surface area contributed by atoms with Crippen LogP contribution in [0.15, 0.2) is 22.5 Å². The van der Waals surface area contributed by atoms with Crippen LogP contribution in [-0.2, 0) is 9.84 Å². The van der Waals surface area contributed by atoms with Crippen LogP contribution in [-0.4, -0.2) is 63.5 Å². The predicted molar refractivity (Wildman–Crippen MR) is 131 cm³/mol. The molecule has 1 aromatic heterocycles. The predicted octanol–water partition coefficient (Wildman–Crippen LogP) is 3.13. The molecule has 1 aliphatic rings. The molecule has 2 unspecified atom stereocenters. The van der Waals surface area contributed by atoms with Gasteiger partial charge in [0.1, 0.15) is 0 Å². The number of rotatable bonds is 6. The highest BCUT2D eigenvalue weighted by Crippen LogP contribution is 2.36. The summed E-state index contributed by atoms with van der Waals surface area (Å²) in [5, 5.41) is 8.68. The van der Waals surface area contributed by atoms with E-state index in [9.17, 15) is 8.42 Å². The summed E-state index contributed by atoms with van der Waals surface area (Å²) in [7, 11) is 0.782. The van der Waals surface area contributed by atoms with E-state index in [1.165, 1.54) is 17.7 Å². The Morgan fingerprint density at radius 3 is 2.64 bits per heavy atom. The lowest BCUT2D eigenvalue weighted by molar-refractivity contribution is 0.125. The van der Waals surface area contributed by atoms with E-state index in [1.807, 2.05) is 11.3 Å². The van der Waals surface area contributed by atoms with Crippen LogP contribution in [0.25, 0.3) is 0 Å². The van der Waals surface area contributed by atoms with Crippen LogP contribution in [0.3, 0.4) is 0 Å². The summed E-state index contributed by atoms with van der Waals surface area (Å²) < 4.78 is 23.7. The fourth-order valence-corrected chi connectivity index (χ4v) is 5.41. The number of hydrogen-bond acceptors (Lipinski definition) is 5. The van der Waals surface area contributed by atoms with Gasteiger partial charge in [-0.25, -0.2) is 8.42 Å². The second-order valence-electron chi connectivity index (χ2n) is 8.15. The van der Waals surface area contributed by atoms with Gasteiger partial charge in [-0.05, 0) is 64.6 Å². The zero-order chi connectivity index (χ0) is 20.1. The van der Waals surface area contributed by atoms with Gasteiger partial charge < -0.3 is 10.6 Å². The van der Waals surface area contributed by atoms with Crippen LogP contribution in [0.4, 0.5) is 0 Å². The summed E-state index contributed by atoms with van der Waals surface area (Å²) in [6.45, 7) is 7.51. The first-order valence-corrected chi connectivity index (χ1v) is 12.1. The van der Waals surface area contributed by atoms with Gasteiger partial charge >= 0.3 is 0 Å². The quantitative estimate of drug-likeness (QED) is 0.329. The van der Waals surface area contributed by atoms with E-state index in [2.05, 4.69) is 45.1 Å². The van der Waals surface area contributed by atoms with Crippen molar-refractivity contribution in [3.05, 3.63) is 22.4 Å². The molecule has 2 rings (SSSR count). The monoisotopic (exact) mass is 542 g/mol. The van der Waals surface area contributed by atoms with Crippen molar-refractivity contribution in [3.8, 4) is 0 Å². The fraction of sp³-hybridized carbons (Fsp3) is 0.737. The Morgan fingerprint density at radius 2 is 2.07 bits per heavy atom. The van der Waals surface area contributed by atoms with Gasteiger partial charge in [-0.15, -0.1) is 35.3 Å². The molecule has 2 heterocycles. The molecular weight excluding hydrogens is 507 g/mol. The minimum atomic E-state index is -3.13. The third-order valence-electron chi connectivity index (χ3n) is 5.19.